The number of nitrogens with one attached hydrogen (secondary N) is 3. The molecular formula is C24H31N7O2. The van der Waals surface area contributed by atoms with E-state index in [1.54, 1.807) is 0 Å². The molecule has 4 saturated carbocycles. The number of anilines is 3. The standard InChI is InChI=1S/C24H31N7O2/c1-13-6-19(30-29-13)25-21-18-2-4-31(17-3-5-33-12-17)22(18)28-23(27-21)26-20-15-7-14-8-16(20)11-24(32,9-14)10-15/h2,4,6,14-17,20,32H,3,5,7-12H2,1H3,(H3,25,26,27,28,29,30). The van der Waals surface area contributed by atoms with Crippen LogP contribution in [0.15, 0.2) is 18.3 Å². The largest absolute Gasteiger partial charge is 0.390 e. The number of hydrogen-bond acceptors (Lipinski definition) is 7. The molecule has 0 radical (unpaired) electrons. The summed E-state index contributed by atoms with van der Waals surface area (Å²) in [6.45, 7) is 3.48. The molecule has 9 heteroatoms. The van der Waals surface area contributed by atoms with Gasteiger partial charge < -0.3 is 25.0 Å². The van der Waals surface area contributed by atoms with Crippen LogP contribution in [0.5, 0.6) is 0 Å². The van der Waals surface area contributed by atoms with Crippen LogP contribution in [0.3, 0.4) is 0 Å². The molecule has 3 atom stereocenters. The van der Waals surface area contributed by atoms with Crippen molar-refractivity contribution < 1.29 is 9.84 Å². The van der Waals surface area contributed by atoms with Crippen molar-refractivity contribution in [1.82, 2.24) is 24.7 Å². The lowest BCUT2D eigenvalue weighted by molar-refractivity contribution is -0.129. The fourth-order valence-corrected chi connectivity index (χ4v) is 7.20. The number of H-pyrrole nitrogens is 1. The number of aromatic nitrogens is 5. The quantitative estimate of drug-likeness (QED) is 0.471. The third-order valence-corrected chi connectivity index (χ3v) is 8.36. The van der Waals surface area contributed by atoms with Gasteiger partial charge in [0.25, 0.3) is 0 Å². The molecule has 8 rings (SSSR count). The molecule has 4 N–H and O–H groups in total. The summed E-state index contributed by atoms with van der Waals surface area (Å²) in [5.41, 5.74) is 1.47. The van der Waals surface area contributed by atoms with E-state index < -0.39 is 5.60 Å². The van der Waals surface area contributed by atoms with Gasteiger partial charge in [0.15, 0.2) is 5.82 Å². The lowest BCUT2D eigenvalue weighted by Crippen LogP contribution is -2.59. The molecule has 174 valence electrons. The SMILES string of the molecule is Cc1cc(Nc2nc(NC3C4CC5CC3CC(O)(C5)C4)nc3c2ccn3C2CCOC2)n[nH]1. The first-order valence-electron chi connectivity index (χ1n) is 12.3. The van der Waals surface area contributed by atoms with Gasteiger partial charge in [-0.25, -0.2) is 0 Å². The van der Waals surface area contributed by atoms with Crippen molar-refractivity contribution in [2.75, 3.05) is 23.8 Å². The lowest BCUT2D eigenvalue weighted by atomic mass is 9.52. The first-order chi connectivity index (χ1) is 16.0. The second-order valence-corrected chi connectivity index (χ2v) is 10.8. The Morgan fingerprint density at radius 1 is 1.21 bits per heavy atom. The zero-order valence-corrected chi connectivity index (χ0v) is 18.9. The minimum atomic E-state index is -0.443. The molecule has 0 aromatic carbocycles. The molecule has 4 aliphatic carbocycles. The zero-order valence-electron chi connectivity index (χ0n) is 18.9. The summed E-state index contributed by atoms with van der Waals surface area (Å²) in [6.07, 6.45) is 8.27. The number of aliphatic hydroxyl groups is 1. The van der Waals surface area contributed by atoms with Crippen LogP contribution in [0.2, 0.25) is 0 Å². The van der Waals surface area contributed by atoms with Crippen molar-refractivity contribution in [2.24, 2.45) is 17.8 Å². The van der Waals surface area contributed by atoms with Crippen molar-refractivity contribution >= 4 is 28.6 Å². The smallest absolute Gasteiger partial charge is 0.226 e. The Kier molecular flexibility index (Phi) is 4.30. The van der Waals surface area contributed by atoms with E-state index in [-0.39, 0.29) is 0 Å². The number of nitrogens with zero attached hydrogens (tertiary/aromatic N) is 4. The zero-order chi connectivity index (χ0) is 22.2. The molecule has 1 saturated heterocycles. The Labute approximate surface area is 192 Å². The number of aromatic amines is 1. The molecule has 33 heavy (non-hydrogen) atoms. The van der Waals surface area contributed by atoms with Gasteiger partial charge in [0.1, 0.15) is 11.5 Å². The topological polar surface area (TPSA) is 113 Å². The van der Waals surface area contributed by atoms with Gasteiger partial charge in [-0.05, 0) is 69.3 Å². The van der Waals surface area contributed by atoms with Crippen LogP contribution in [0, 0.1) is 24.7 Å². The second kappa shape index (κ2) is 7.17. The Bertz CT molecular complexity index is 1180. The molecule has 1 aliphatic heterocycles. The van der Waals surface area contributed by atoms with E-state index in [1.165, 1.54) is 12.8 Å². The fourth-order valence-electron chi connectivity index (χ4n) is 7.20. The molecule has 5 aliphatic rings. The summed E-state index contributed by atoms with van der Waals surface area (Å²) in [5.74, 6) is 3.80. The van der Waals surface area contributed by atoms with Crippen LogP contribution in [0.1, 0.15) is 50.3 Å². The summed E-state index contributed by atoms with van der Waals surface area (Å²) >= 11 is 0. The van der Waals surface area contributed by atoms with Crippen LogP contribution < -0.4 is 10.6 Å². The summed E-state index contributed by atoms with van der Waals surface area (Å²) in [7, 11) is 0. The van der Waals surface area contributed by atoms with Crippen molar-refractivity contribution in [3.8, 4) is 0 Å². The second-order valence-electron chi connectivity index (χ2n) is 10.8. The Morgan fingerprint density at radius 2 is 2.06 bits per heavy atom. The monoisotopic (exact) mass is 449 g/mol. The molecule has 3 aromatic heterocycles. The van der Waals surface area contributed by atoms with Crippen LogP contribution in [-0.4, -0.2) is 54.7 Å². The number of aryl methyl sites for hydroxylation is 1. The average Bonchev–Trinajstić information content (AvgIpc) is 3.50. The van der Waals surface area contributed by atoms with Gasteiger partial charge in [-0.2, -0.15) is 15.1 Å². The first kappa shape index (κ1) is 19.8. The Morgan fingerprint density at radius 3 is 2.76 bits per heavy atom. The third kappa shape index (κ3) is 3.32. The lowest BCUT2D eigenvalue weighted by Gasteiger charge is -2.58. The van der Waals surface area contributed by atoms with Gasteiger partial charge in [-0.3, -0.25) is 5.10 Å². The van der Waals surface area contributed by atoms with Gasteiger partial charge in [0.2, 0.25) is 5.95 Å². The maximum atomic E-state index is 11.0. The molecular weight excluding hydrogens is 418 g/mol. The van der Waals surface area contributed by atoms with Gasteiger partial charge in [-0.1, -0.05) is 0 Å². The maximum Gasteiger partial charge on any atom is 0.226 e. The van der Waals surface area contributed by atoms with Crippen LogP contribution in [0.4, 0.5) is 17.6 Å². The predicted octanol–water partition coefficient (Wildman–Crippen LogP) is 3.52. The summed E-state index contributed by atoms with van der Waals surface area (Å²) in [6, 6.07) is 4.66. The molecule has 5 fully saturated rings. The summed E-state index contributed by atoms with van der Waals surface area (Å²) in [4.78, 5) is 9.93. The van der Waals surface area contributed by atoms with Crippen LogP contribution >= 0.6 is 0 Å². The molecule has 3 unspecified atom stereocenters. The highest BCUT2D eigenvalue weighted by molar-refractivity contribution is 5.90. The van der Waals surface area contributed by atoms with Crippen molar-refractivity contribution in [3.63, 3.8) is 0 Å². The summed E-state index contributed by atoms with van der Waals surface area (Å²) in [5, 5.41) is 26.4. The molecule has 4 heterocycles. The molecule has 0 amide bonds. The van der Waals surface area contributed by atoms with E-state index in [4.69, 9.17) is 14.7 Å². The third-order valence-electron chi connectivity index (χ3n) is 8.36. The molecule has 9 nitrogen and oxygen atoms in total. The molecule has 4 bridgehead atoms. The number of hydrogen-bond donors (Lipinski definition) is 4. The molecule has 3 aromatic rings. The Balaban J connectivity index is 1.26. The van der Waals surface area contributed by atoms with E-state index in [9.17, 15) is 5.11 Å². The minimum Gasteiger partial charge on any atom is -0.390 e. The minimum absolute atomic E-state index is 0.293. The van der Waals surface area contributed by atoms with Gasteiger partial charge in [-0.15, -0.1) is 0 Å². The number of ether oxygens (including phenoxy) is 1. The van der Waals surface area contributed by atoms with Crippen molar-refractivity contribution in [3.05, 3.63) is 24.0 Å². The normalized spacial score (nSPS) is 34.9. The highest BCUT2D eigenvalue weighted by Crippen LogP contribution is 2.56. The van der Waals surface area contributed by atoms with Gasteiger partial charge in [0.05, 0.1) is 23.6 Å². The van der Waals surface area contributed by atoms with E-state index >= 15 is 0 Å². The van der Waals surface area contributed by atoms with Crippen molar-refractivity contribution in [1.29, 1.82) is 0 Å². The highest BCUT2D eigenvalue weighted by atomic mass is 16.5. The van der Waals surface area contributed by atoms with E-state index in [0.29, 0.717) is 42.4 Å². The van der Waals surface area contributed by atoms with E-state index in [0.717, 1.165) is 60.7 Å². The highest BCUT2D eigenvalue weighted by Gasteiger charge is 2.54. The molecule has 0 spiro atoms. The maximum absolute atomic E-state index is 11.0. The first-order valence-corrected chi connectivity index (χ1v) is 12.3. The number of fused-ring (bicyclic) bond motifs is 1. The van der Waals surface area contributed by atoms with Gasteiger partial charge >= 0.3 is 0 Å². The fraction of sp³-hybridized carbons (Fsp3) is 0.625. The van der Waals surface area contributed by atoms with E-state index in [1.807, 2.05) is 13.0 Å². The Hall–Kier alpha value is -2.65. The van der Waals surface area contributed by atoms with Gasteiger partial charge in [0, 0.05) is 30.6 Å². The average molecular weight is 450 g/mol. The van der Waals surface area contributed by atoms with Crippen molar-refractivity contribution in [2.45, 2.75) is 63.1 Å². The van der Waals surface area contributed by atoms with Crippen LogP contribution in [-0.2, 0) is 4.74 Å². The number of rotatable bonds is 5. The van der Waals surface area contributed by atoms with Crippen LogP contribution in [0.25, 0.3) is 11.0 Å². The predicted molar refractivity (Wildman–Crippen MR) is 125 cm³/mol. The van der Waals surface area contributed by atoms with E-state index in [2.05, 4.69) is 37.7 Å². The summed E-state index contributed by atoms with van der Waals surface area (Å²) < 4.78 is 7.88.